The molecule has 0 aromatic heterocycles. The van der Waals surface area contributed by atoms with Crippen LogP contribution in [0, 0.1) is 5.82 Å². The minimum absolute atomic E-state index is 0.00246. The third-order valence-corrected chi connectivity index (χ3v) is 3.29. The van der Waals surface area contributed by atoms with Gasteiger partial charge in [0.05, 0.1) is 6.54 Å². The Morgan fingerprint density at radius 3 is 2.32 bits per heavy atom. The molecule has 2 N–H and O–H groups in total. The van der Waals surface area contributed by atoms with E-state index in [0.717, 1.165) is 18.4 Å². The van der Waals surface area contributed by atoms with Crippen LogP contribution in [0.2, 0.25) is 0 Å². The van der Waals surface area contributed by atoms with Crippen molar-refractivity contribution >= 4 is 5.91 Å². The molecule has 0 aliphatic heterocycles. The fourth-order valence-corrected chi connectivity index (χ4v) is 1.89. The van der Waals surface area contributed by atoms with E-state index in [9.17, 15) is 9.18 Å². The predicted molar refractivity (Wildman–Crippen MR) is 75.3 cm³/mol. The summed E-state index contributed by atoms with van der Waals surface area (Å²) >= 11 is 0. The standard InChI is InChI=1S/C15H23FN2O/c1-4-14(5-2)18-15(19)10-17-11(3)12-6-8-13(16)9-7-12/h6-9,11,14,17H,4-5,10H2,1-3H3,(H,18,19). The molecule has 1 aromatic rings. The van der Waals surface area contributed by atoms with Gasteiger partial charge >= 0.3 is 0 Å². The molecule has 3 nitrogen and oxygen atoms in total. The molecule has 0 bridgehead atoms. The predicted octanol–water partition coefficient (Wildman–Crippen LogP) is 2.78. The number of amides is 1. The van der Waals surface area contributed by atoms with Gasteiger partial charge in [0.2, 0.25) is 5.91 Å². The molecule has 0 saturated heterocycles. The highest BCUT2D eigenvalue weighted by Gasteiger charge is 2.10. The Morgan fingerprint density at radius 2 is 1.79 bits per heavy atom. The molecule has 0 aliphatic rings. The van der Waals surface area contributed by atoms with E-state index < -0.39 is 0 Å². The Morgan fingerprint density at radius 1 is 1.21 bits per heavy atom. The summed E-state index contributed by atoms with van der Waals surface area (Å²) in [7, 11) is 0. The van der Waals surface area contributed by atoms with Crippen LogP contribution in [0.3, 0.4) is 0 Å². The Hall–Kier alpha value is -1.42. The first-order valence-electron chi connectivity index (χ1n) is 6.85. The maximum absolute atomic E-state index is 12.8. The Kier molecular flexibility index (Phi) is 6.50. The molecule has 19 heavy (non-hydrogen) atoms. The maximum atomic E-state index is 12.8. The number of hydrogen-bond acceptors (Lipinski definition) is 2. The Labute approximate surface area is 114 Å². The van der Waals surface area contributed by atoms with E-state index in [-0.39, 0.29) is 30.4 Å². The number of nitrogens with one attached hydrogen (secondary N) is 2. The van der Waals surface area contributed by atoms with Crippen LogP contribution in [0.15, 0.2) is 24.3 Å². The zero-order valence-corrected chi connectivity index (χ0v) is 11.9. The van der Waals surface area contributed by atoms with Gasteiger partial charge in [0, 0.05) is 12.1 Å². The summed E-state index contributed by atoms with van der Waals surface area (Å²) in [5.41, 5.74) is 0.969. The first-order chi connectivity index (χ1) is 9.06. The molecule has 106 valence electrons. The van der Waals surface area contributed by atoms with Crippen LogP contribution in [0.4, 0.5) is 4.39 Å². The highest BCUT2D eigenvalue weighted by atomic mass is 19.1. The first kappa shape index (κ1) is 15.6. The highest BCUT2D eigenvalue weighted by Crippen LogP contribution is 2.12. The number of halogens is 1. The van der Waals surface area contributed by atoms with Crippen LogP contribution in [-0.2, 0) is 4.79 Å². The van der Waals surface area contributed by atoms with E-state index in [1.807, 2.05) is 6.92 Å². The number of carbonyl (C=O) groups excluding carboxylic acids is 1. The van der Waals surface area contributed by atoms with Gasteiger partial charge in [-0.3, -0.25) is 4.79 Å². The Bertz CT molecular complexity index is 388. The second-order valence-electron chi connectivity index (χ2n) is 4.74. The second kappa shape index (κ2) is 7.89. The first-order valence-corrected chi connectivity index (χ1v) is 6.85. The molecular formula is C15H23FN2O. The number of rotatable bonds is 7. The summed E-state index contributed by atoms with van der Waals surface area (Å²) in [5, 5.41) is 6.11. The Balaban J connectivity index is 2.39. The van der Waals surface area contributed by atoms with Gasteiger partial charge in [-0.05, 0) is 37.5 Å². The van der Waals surface area contributed by atoms with Crippen molar-refractivity contribution in [2.45, 2.75) is 45.7 Å². The van der Waals surface area contributed by atoms with Gasteiger partial charge in [-0.2, -0.15) is 0 Å². The van der Waals surface area contributed by atoms with Crippen LogP contribution in [0.1, 0.15) is 45.2 Å². The van der Waals surface area contributed by atoms with Crippen molar-refractivity contribution in [3.05, 3.63) is 35.6 Å². The molecule has 1 rings (SSSR count). The van der Waals surface area contributed by atoms with E-state index in [1.165, 1.54) is 12.1 Å². The maximum Gasteiger partial charge on any atom is 0.234 e. The van der Waals surface area contributed by atoms with Crippen molar-refractivity contribution in [1.82, 2.24) is 10.6 Å². The SMILES string of the molecule is CCC(CC)NC(=O)CNC(C)c1ccc(F)cc1. The second-order valence-corrected chi connectivity index (χ2v) is 4.74. The summed E-state index contributed by atoms with van der Waals surface area (Å²) in [6, 6.07) is 6.58. The van der Waals surface area contributed by atoms with Crippen LogP contribution in [0.5, 0.6) is 0 Å². The van der Waals surface area contributed by atoms with Crippen molar-refractivity contribution in [2.75, 3.05) is 6.54 Å². The fourth-order valence-electron chi connectivity index (χ4n) is 1.89. The fraction of sp³-hybridized carbons (Fsp3) is 0.533. The lowest BCUT2D eigenvalue weighted by atomic mass is 10.1. The van der Waals surface area contributed by atoms with Crippen molar-refractivity contribution in [3.63, 3.8) is 0 Å². The number of carbonyl (C=O) groups is 1. The van der Waals surface area contributed by atoms with Crippen LogP contribution in [0.25, 0.3) is 0 Å². The minimum atomic E-state index is -0.248. The normalized spacial score (nSPS) is 12.5. The molecule has 0 spiro atoms. The summed E-state index contributed by atoms with van der Waals surface area (Å²) in [4.78, 5) is 11.7. The molecular weight excluding hydrogens is 243 g/mol. The van der Waals surface area contributed by atoms with Crippen LogP contribution in [-0.4, -0.2) is 18.5 Å². The summed E-state index contributed by atoms with van der Waals surface area (Å²) in [6.45, 7) is 6.35. The van der Waals surface area contributed by atoms with Crippen molar-refractivity contribution < 1.29 is 9.18 Å². The van der Waals surface area contributed by atoms with Crippen molar-refractivity contribution in [3.8, 4) is 0 Å². The van der Waals surface area contributed by atoms with Gasteiger partial charge in [0.25, 0.3) is 0 Å². The monoisotopic (exact) mass is 266 g/mol. The van der Waals surface area contributed by atoms with Gasteiger partial charge in [0.1, 0.15) is 5.82 Å². The lowest BCUT2D eigenvalue weighted by Gasteiger charge is -2.17. The smallest absolute Gasteiger partial charge is 0.234 e. The molecule has 4 heteroatoms. The van der Waals surface area contributed by atoms with Crippen LogP contribution < -0.4 is 10.6 Å². The van der Waals surface area contributed by atoms with Gasteiger partial charge in [-0.15, -0.1) is 0 Å². The summed E-state index contributed by atoms with van der Waals surface area (Å²) in [6.07, 6.45) is 1.88. The largest absolute Gasteiger partial charge is 0.352 e. The molecule has 1 aromatic carbocycles. The van der Waals surface area contributed by atoms with Crippen molar-refractivity contribution in [1.29, 1.82) is 0 Å². The lowest BCUT2D eigenvalue weighted by Crippen LogP contribution is -2.40. The highest BCUT2D eigenvalue weighted by molar-refractivity contribution is 5.78. The quantitative estimate of drug-likeness (QED) is 0.796. The summed E-state index contributed by atoms with van der Waals surface area (Å²) < 4.78 is 12.8. The average Bonchev–Trinajstić information content (AvgIpc) is 2.43. The van der Waals surface area contributed by atoms with Crippen molar-refractivity contribution in [2.24, 2.45) is 0 Å². The molecule has 0 heterocycles. The van der Waals surface area contributed by atoms with E-state index >= 15 is 0 Å². The van der Waals surface area contributed by atoms with Gasteiger partial charge in [0.15, 0.2) is 0 Å². The van der Waals surface area contributed by atoms with Gasteiger partial charge in [-0.25, -0.2) is 4.39 Å². The third-order valence-electron chi connectivity index (χ3n) is 3.29. The van der Waals surface area contributed by atoms with Gasteiger partial charge < -0.3 is 10.6 Å². The molecule has 1 amide bonds. The number of hydrogen-bond donors (Lipinski definition) is 2. The molecule has 0 saturated carbocycles. The van der Waals surface area contributed by atoms with Crippen LogP contribution >= 0.6 is 0 Å². The lowest BCUT2D eigenvalue weighted by molar-refractivity contribution is -0.121. The molecule has 0 aliphatic carbocycles. The number of benzene rings is 1. The molecule has 1 atom stereocenters. The minimum Gasteiger partial charge on any atom is -0.352 e. The third kappa shape index (κ3) is 5.39. The zero-order valence-electron chi connectivity index (χ0n) is 11.9. The molecule has 0 fully saturated rings. The van der Waals surface area contributed by atoms with E-state index in [0.29, 0.717) is 0 Å². The van der Waals surface area contributed by atoms with E-state index in [4.69, 9.17) is 0 Å². The van der Waals surface area contributed by atoms with E-state index in [1.54, 1.807) is 12.1 Å². The molecule has 1 unspecified atom stereocenters. The molecule has 0 radical (unpaired) electrons. The zero-order chi connectivity index (χ0) is 14.3. The average molecular weight is 266 g/mol. The van der Waals surface area contributed by atoms with E-state index in [2.05, 4.69) is 24.5 Å². The van der Waals surface area contributed by atoms with Gasteiger partial charge in [-0.1, -0.05) is 26.0 Å². The topological polar surface area (TPSA) is 41.1 Å². The summed E-state index contributed by atoms with van der Waals surface area (Å²) in [5.74, 6) is -0.245.